The van der Waals surface area contributed by atoms with Gasteiger partial charge in [0.15, 0.2) is 0 Å². The number of para-hydroxylation sites is 2. The highest BCUT2D eigenvalue weighted by Crippen LogP contribution is 2.60. The lowest BCUT2D eigenvalue weighted by atomic mass is 9.67. The minimum Gasteiger partial charge on any atom is -0.457 e. The summed E-state index contributed by atoms with van der Waals surface area (Å²) in [6, 6.07) is 111. The maximum Gasteiger partial charge on any atom is 0.137 e. The van der Waals surface area contributed by atoms with E-state index in [1.165, 1.54) is 0 Å². The minimum absolute atomic E-state index is 0.314. The second-order valence-corrected chi connectivity index (χ2v) is 24.6. The van der Waals surface area contributed by atoms with E-state index in [-0.39, 0.29) is 11.6 Å². The van der Waals surface area contributed by atoms with E-state index in [1.54, 1.807) is 24.3 Å². The number of rotatable bonds is 16. The molecule has 0 saturated carbocycles. The van der Waals surface area contributed by atoms with Crippen LogP contribution in [0.25, 0.3) is 56.3 Å². The fraction of sp³-hybridized carbons (Fsp3) is 0.0222. The molecule has 0 bridgehead atoms. The molecular weight excluding hydrogens is 1190 g/mol. The predicted octanol–water partition coefficient (Wildman–Crippen LogP) is 24.4. The number of halogens is 2. The Morgan fingerprint density at radius 2 is 0.629 bits per heavy atom. The summed E-state index contributed by atoms with van der Waals surface area (Å²) >= 11 is 0. The zero-order chi connectivity index (χ0) is 65.2. The highest BCUT2D eigenvalue weighted by Gasteiger charge is 2.48. The Balaban J connectivity index is 0.851. The van der Waals surface area contributed by atoms with Gasteiger partial charge in [-0.2, -0.15) is 0 Å². The molecule has 0 spiro atoms. The summed E-state index contributed by atoms with van der Waals surface area (Å²) in [5.74, 6) is 2.17. The van der Waals surface area contributed by atoms with E-state index in [4.69, 9.17) is 13.9 Å². The quantitative estimate of drug-likeness (QED) is 0.0964. The van der Waals surface area contributed by atoms with Crippen LogP contribution in [0.15, 0.2) is 345 Å². The molecule has 2 aliphatic rings. The van der Waals surface area contributed by atoms with Gasteiger partial charge in [-0.1, -0.05) is 207 Å². The monoisotopic (exact) mass is 1250 g/mol. The third-order valence-corrected chi connectivity index (χ3v) is 19.4. The van der Waals surface area contributed by atoms with Crippen LogP contribution in [-0.4, -0.2) is 0 Å². The minimum atomic E-state index is -0.901. The molecule has 2 aliphatic carbocycles. The van der Waals surface area contributed by atoms with E-state index >= 15 is 8.78 Å². The summed E-state index contributed by atoms with van der Waals surface area (Å²) in [7, 11) is 0. The average molecular weight is 1260 g/mol. The molecule has 14 aromatic carbocycles. The van der Waals surface area contributed by atoms with Crippen LogP contribution in [0.4, 0.5) is 42.9 Å². The molecule has 2 atom stereocenters. The highest BCUT2D eigenvalue weighted by molar-refractivity contribution is 6.19. The lowest BCUT2D eigenvalue weighted by Gasteiger charge is -2.35. The van der Waals surface area contributed by atoms with Gasteiger partial charge in [-0.05, 0) is 223 Å². The molecule has 1 aromatic heterocycles. The van der Waals surface area contributed by atoms with Crippen LogP contribution >= 0.6 is 0 Å². The first kappa shape index (κ1) is 58.3. The maximum atomic E-state index is 15.3. The van der Waals surface area contributed by atoms with Gasteiger partial charge >= 0.3 is 0 Å². The molecule has 462 valence electrons. The van der Waals surface area contributed by atoms with E-state index in [0.717, 1.165) is 123 Å². The van der Waals surface area contributed by atoms with Crippen molar-refractivity contribution in [3.63, 3.8) is 0 Å². The number of benzene rings is 14. The van der Waals surface area contributed by atoms with Crippen molar-refractivity contribution in [2.75, 3.05) is 9.80 Å². The van der Waals surface area contributed by atoms with Crippen LogP contribution in [0.3, 0.4) is 0 Å². The predicted molar refractivity (Wildman–Crippen MR) is 391 cm³/mol. The first-order valence-corrected chi connectivity index (χ1v) is 32.5. The molecular formula is C90H60F2N2O3. The smallest absolute Gasteiger partial charge is 0.137 e. The third kappa shape index (κ3) is 9.65. The van der Waals surface area contributed by atoms with Gasteiger partial charge in [0.2, 0.25) is 0 Å². The van der Waals surface area contributed by atoms with Gasteiger partial charge in [0.1, 0.15) is 45.8 Å². The van der Waals surface area contributed by atoms with Gasteiger partial charge in [0.25, 0.3) is 0 Å². The fourth-order valence-corrected chi connectivity index (χ4v) is 15.2. The lowest BCUT2D eigenvalue weighted by molar-refractivity contribution is 0.482. The van der Waals surface area contributed by atoms with Crippen molar-refractivity contribution in [1.29, 1.82) is 0 Å². The Hall–Kier alpha value is -12.6. The molecule has 0 amide bonds. The molecule has 0 N–H and O–H groups in total. The van der Waals surface area contributed by atoms with E-state index < -0.39 is 10.8 Å². The summed E-state index contributed by atoms with van der Waals surface area (Å²) < 4.78 is 50.7. The van der Waals surface area contributed by atoms with Gasteiger partial charge in [-0.3, -0.25) is 0 Å². The van der Waals surface area contributed by atoms with Crippen LogP contribution < -0.4 is 19.3 Å². The van der Waals surface area contributed by atoms with Crippen molar-refractivity contribution in [2.24, 2.45) is 0 Å². The van der Waals surface area contributed by atoms with Crippen LogP contribution in [0.1, 0.15) is 55.6 Å². The summed E-state index contributed by atoms with van der Waals surface area (Å²) in [6.45, 7) is 7.83. The first-order chi connectivity index (χ1) is 47.8. The Kier molecular flexibility index (Phi) is 14.3. The summed E-state index contributed by atoms with van der Waals surface area (Å²) in [4.78, 5) is 4.68. The number of fused-ring (bicyclic) bond motifs is 9. The molecule has 0 aliphatic heterocycles. The van der Waals surface area contributed by atoms with E-state index in [2.05, 4.69) is 217 Å². The number of hydrogen-bond acceptors (Lipinski definition) is 5. The van der Waals surface area contributed by atoms with E-state index in [9.17, 15) is 0 Å². The van der Waals surface area contributed by atoms with Crippen LogP contribution in [0.2, 0.25) is 0 Å². The molecule has 2 unspecified atom stereocenters. The standard InChI is InChI=1S/C90H60F2N2O3/c1-3-59-29-47-71(48-30-59)95-73-51-37-63(38-52-73)89(61-33-41-65(91)42-34-61)79-23-13-11-21-75(79)77-55-45-69(57-81(77)89)93(67-17-7-5-8-18-67)83-25-15-27-85-87(83)88-84(26-16-28-86(88)97-85)94(68-19-9-6-10-20-68)70-46-56-78-76-22-12-14-24-80(76)90(82(78)58-70,62-35-43-66(92)44-36-62)64-39-53-74(54-40-64)96-72-49-31-60(4-2)32-50-72/h3-58H,1-2H2. The van der Waals surface area contributed by atoms with Gasteiger partial charge in [0.05, 0.1) is 33.0 Å². The van der Waals surface area contributed by atoms with Crippen molar-refractivity contribution in [3.8, 4) is 45.3 Å². The molecule has 0 radical (unpaired) electrons. The van der Waals surface area contributed by atoms with Crippen LogP contribution in [0, 0.1) is 11.6 Å². The summed E-state index contributed by atoms with van der Waals surface area (Å²) in [5.41, 5.74) is 19.5. The van der Waals surface area contributed by atoms with Crippen molar-refractivity contribution in [1.82, 2.24) is 0 Å². The number of ether oxygens (including phenoxy) is 2. The second kappa shape index (κ2) is 23.8. The Morgan fingerprint density at radius 3 is 1.00 bits per heavy atom. The molecule has 0 fully saturated rings. The number of anilines is 6. The Bertz CT molecular complexity index is 5160. The molecule has 17 rings (SSSR count). The van der Waals surface area contributed by atoms with Crippen molar-refractivity contribution in [3.05, 3.63) is 408 Å². The number of furan rings is 1. The van der Waals surface area contributed by atoms with E-state index in [0.29, 0.717) is 34.2 Å². The van der Waals surface area contributed by atoms with Gasteiger partial charge in [0, 0.05) is 22.7 Å². The maximum absolute atomic E-state index is 15.3. The fourth-order valence-electron chi connectivity index (χ4n) is 15.2. The molecule has 15 aromatic rings. The lowest BCUT2D eigenvalue weighted by Crippen LogP contribution is -2.29. The summed E-state index contributed by atoms with van der Waals surface area (Å²) in [5, 5.41) is 1.82. The number of nitrogens with zero attached hydrogens (tertiary/aromatic N) is 2. The first-order valence-electron chi connectivity index (χ1n) is 32.5. The van der Waals surface area contributed by atoms with Crippen molar-refractivity contribution < 1.29 is 22.7 Å². The van der Waals surface area contributed by atoms with Crippen LogP contribution in [0.5, 0.6) is 23.0 Å². The van der Waals surface area contributed by atoms with Gasteiger partial charge < -0.3 is 23.7 Å². The molecule has 7 heteroatoms. The van der Waals surface area contributed by atoms with E-state index in [1.807, 2.05) is 121 Å². The van der Waals surface area contributed by atoms with Crippen molar-refractivity contribution >= 4 is 68.2 Å². The summed E-state index contributed by atoms with van der Waals surface area (Å²) in [6.07, 6.45) is 3.63. The second-order valence-electron chi connectivity index (χ2n) is 24.6. The topological polar surface area (TPSA) is 38.1 Å². The molecule has 0 saturated heterocycles. The average Bonchev–Trinajstić information content (AvgIpc) is 0.831. The normalized spacial score (nSPS) is 14.9. The molecule has 1 heterocycles. The SMILES string of the molecule is C=Cc1ccc(Oc2ccc(C3(c4ccc(F)cc4)c4ccccc4-c4ccc(N(c5ccccc5)c5cccc6oc7cccc(N(c8ccccc8)c8ccc9c(c8)C(c8ccc(F)cc8)(c8ccc(Oc%10ccc(C=C)cc%10)cc8)c8ccccc8-9)c7c56)cc43)cc2)cc1. The zero-order valence-electron chi connectivity index (χ0n) is 52.6. The van der Waals surface area contributed by atoms with Gasteiger partial charge in [-0.25, -0.2) is 8.78 Å². The number of hydrogen-bond donors (Lipinski definition) is 0. The molecule has 97 heavy (non-hydrogen) atoms. The Labute approximate surface area is 561 Å². The molecule has 5 nitrogen and oxygen atoms in total. The largest absolute Gasteiger partial charge is 0.457 e. The van der Waals surface area contributed by atoms with Crippen LogP contribution in [-0.2, 0) is 10.8 Å². The van der Waals surface area contributed by atoms with Gasteiger partial charge in [-0.15, -0.1) is 0 Å². The third-order valence-electron chi connectivity index (χ3n) is 19.4. The van der Waals surface area contributed by atoms with Crippen molar-refractivity contribution in [2.45, 2.75) is 10.8 Å². The zero-order valence-corrected chi connectivity index (χ0v) is 52.6. The highest BCUT2D eigenvalue weighted by atomic mass is 19.1. The Morgan fingerprint density at radius 1 is 0.299 bits per heavy atom.